The number of likely N-dealkylation sites (tertiary alicyclic amines) is 2. The van der Waals surface area contributed by atoms with Gasteiger partial charge >= 0.3 is 18.3 Å². The Morgan fingerprint density at radius 3 is 1.49 bits per heavy atom. The van der Waals surface area contributed by atoms with Crippen molar-refractivity contribution in [3.63, 3.8) is 0 Å². The lowest BCUT2D eigenvalue weighted by molar-refractivity contribution is -0.213. The van der Waals surface area contributed by atoms with Crippen LogP contribution in [0.15, 0.2) is 123 Å². The first-order valence-corrected chi connectivity index (χ1v) is 32.6. The minimum Gasteiger partial charge on any atom is -0.858 e. The number of hydrogen-bond donors (Lipinski definition) is 1. The third-order valence-corrected chi connectivity index (χ3v) is 15.5. The van der Waals surface area contributed by atoms with E-state index < -0.39 is 28.8 Å². The number of rotatable bonds is 17. The second-order valence-electron chi connectivity index (χ2n) is 25.5. The van der Waals surface area contributed by atoms with Crippen LogP contribution < -0.4 is 39.3 Å². The number of nitrogens with two attached hydrogens (primary N) is 1. The van der Waals surface area contributed by atoms with Gasteiger partial charge in [0.25, 0.3) is 5.91 Å². The predicted octanol–water partition coefficient (Wildman–Crippen LogP) is 12.2. The fourth-order valence-corrected chi connectivity index (χ4v) is 10.4. The number of carbonyl (C=O) groups is 6. The molecule has 0 unspecified atom stereocenters. The van der Waals surface area contributed by atoms with Crippen molar-refractivity contribution in [3.05, 3.63) is 152 Å². The molecule has 0 aromatic heterocycles. The van der Waals surface area contributed by atoms with Crippen molar-refractivity contribution >= 4 is 63.8 Å². The van der Waals surface area contributed by atoms with E-state index in [0.29, 0.717) is 98.5 Å². The highest BCUT2D eigenvalue weighted by molar-refractivity contribution is 9.10. The number of aldehydes is 1. The van der Waals surface area contributed by atoms with E-state index in [4.69, 9.17) is 53.4 Å². The maximum absolute atomic E-state index is 14.2. The van der Waals surface area contributed by atoms with Gasteiger partial charge in [-0.3, -0.25) is 24.4 Å². The summed E-state index contributed by atoms with van der Waals surface area (Å²) in [6.07, 6.45) is 4.42. The van der Waals surface area contributed by atoms with Crippen molar-refractivity contribution in [2.24, 2.45) is 15.7 Å². The molecule has 23 nitrogen and oxygen atoms in total. The third-order valence-electron chi connectivity index (χ3n) is 14.9. The Balaban J connectivity index is 0.000000275. The van der Waals surface area contributed by atoms with E-state index in [-0.39, 0.29) is 54.6 Å². The zero-order chi connectivity index (χ0) is 71.6. The average Bonchev–Trinajstić information content (AvgIpc) is 0.832. The molecule has 0 aliphatic carbocycles. The molecular formula is C73H95BrN7O16-. The van der Waals surface area contributed by atoms with Crippen LogP contribution in [0.5, 0.6) is 34.5 Å². The van der Waals surface area contributed by atoms with Crippen molar-refractivity contribution < 1.29 is 76.5 Å². The number of ketones is 1. The van der Waals surface area contributed by atoms with E-state index in [1.807, 2.05) is 117 Å². The number of benzene rings is 5. The molecule has 0 atom stereocenters. The highest BCUT2D eigenvalue weighted by Crippen LogP contribution is 2.32. The molecule has 2 saturated heterocycles. The van der Waals surface area contributed by atoms with Gasteiger partial charge < -0.3 is 73.1 Å². The fourth-order valence-electron chi connectivity index (χ4n) is 9.77. The van der Waals surface area contributed by atoms with Gasteiger partial charge in [-0.2, -0.15) is 0 Å². The van der Waals surface area contributed by atoms with Crippen LogP contribution in [0, 0.1) is 0 Å². The summed E-state index contributed by atoms with van der Waals surface area (Å²) in [5.74, 6) is 3.75. The van der Waals surface area contributed by atoms with Crippen molar-refractivity contribution in [2.45, 2.75) is 137 Å². The summed E-state index contributed by atoms with van der Waals surface area (Å²) in [6.45, 7) is 20.9. The van der Waals surface area contributed by atoms with E-state index in [0.717, 1.165) is 63.9 Å². The number of nitrogens with zero attached hydrogens (tertiary/aromatic N) is 6. The van der Waals surface area contributed by atoms with E-state index in [1.54, 1.807) is 111 Å². The van der Waals surface area contributed by atoms with E-state index in [1.165, 1.54) is 0 Å². The van der Waals surface area contributed by atoms with Crippen LogP contribution in [0.25, 0.3) is 0 Å². The lowest BCUT2D eigenvalue weighted by Gasteiger charge is -2.33. The maximum Gasteiger partial charge on any atom is 0.410 e. The summed E-state index contributed by atoms with van der Waals surface area (Å²) in [6, 6.07) is 28.4. The standard InChI is InChI=1S/C35H38BrN3O7.C19H28N2O4.C10H17NO3.C9H13NO2/c1-35(2,3)46-34(43)38-16-14-26(15-17-38)39(21-24-11-12-27(44-4)19-31(24)45-5)33(42)29-13-10-23(18-30(29)36)20-37-32(41)28-9-7-6-8-25(28)22-40;1-19(2,3)25-18(22)21-10-8-15(9-11-21)20-13-14-6-7-16(23-4)12-17(14)24-5;1-10(2,3)14-9(13)11-6-4-8(12)5-7-11;1-11-8-4-3-7(6-10)9(5-8)12-2/h6-14,18-19,22H,15-17,20-21H2,1-5H3,(H,37,41);6-7,12H,8-11,13H2,1-5H3;4-7H2,1-3H3;3-5H,6,10H2,1-2H3/p-1. The van der Waals surface area contributed by atoms with Crippen LogP contribution in [0.3, 0.4) is 0 Å². The summed E-state index contributed by atoms with van der Waals surface area (Å²) in [5, 5.41) is 12.7. The topological polar surface area (TPSA) is 272 Å². The van der Waals surface area contributed by atoms with Gasteiger partial charge in [0.1, 0.15) is 57.1 Å². The molecule has 5 aromatic rings. The zero-order valence-corrected chi connectivity index (χ0v) is 60.3. The highest BCUT2D eigenvalue weighted by Gasteiger charge is 2.31. The second-order valence-corrected chi connectivity index (χ2v) is 26.4. The Hall–Kier alpha value is -9.16. The van der Waals surface area contributed by atoms with Gasteiger partial charge in [0.2, 0.25) is 0 Å². The van der Waals surface area contributed by atoms with Gasteiger partial charge in [0.05, 0.1) is 67.9 Å². The Labute approximate surface area is 578 Å². The van der Waals surface area contributed by atoms with Gasteiger partial charge in [-0.1, -0.05) is 36.4 Å². The third kappa shape index (κ3) is 25.4. The molecule has 3 aliphatic heterocycles. The number of aliphatic imine (C=N–C) groups is 2. The van der Waals surface area contributed by atoms with Crippen LogP contribution in [-0.4, -0.2) is 166 Å². The average molecular weight is 1410 g/mol. The molecule has 8 rings (SSSR count). The molecule has 2 fully saturated rings. The van der Waals surface area contributed by atoms with Gasteiger partial charge in [-0.15, -0.1) is 0 Å². The van der Waals surface area contributed by atoms with Gasteiger partial charge in [0.15, 0.2) is 6.29 Å². The van der Waals surface area contributed by atoms with E-state index >= 15 is 0 Å². The molecule has 0 bridgehead atoms. The van der Waals surface area contributed by atoms with E-state index in [9.17, 15) is 33.9 Å². The number of ether oxygens (including phenoxy) is 9. The van der Waals surface area contributed by atoms with Crippen LogP contribution in [0.4, 0.5) is 14.4 Å². The van der Waals surface area contributed by atoms with Gasteiger partial charge in [-0.25, -0.2) is 14.4 Å². The number of hydrogen-bond acceptors (Lipinski definition) is 19. The summed E-state index contributed by atoms with van der Waals surface area (Å²) in [5.41, 5.74) is 10.2. The number of methoxy groups -OCH3 is 6. The summed E-state index contributed by atoms with van der Waals surface area (Å²) in [7, 11) is 9.65. The summed E-state index contributed by atoms with van der Waals surface area (Å²) >= 11 is 3.55. The normalized spacial score (nSPS) is 14.1. The zero-order valence-electron chi connectivity index (χ0n) is 58.7. The Bertz CT molecular complexity index is 3570. The Morgan fingerprint density at radius 1 is 0.567 bits per heavy atom. The SMILES string of the molecule is CC(C)(C)OC(=O)N1CCC(=O)CC1.COc1ccc(CN(C(=O)c2ccc(CN=C([O-])c3ccccc3C=O)cc2Br)C2=CCN(C(=O)OC(C)(C)C)CC2)c(OC)c1.COc1ccc(CN)c(OC)c1.COc1ccc(CN=C2CCN(C(=O)OC(C)(C)C)CC2)c(OC)c1. The monoisotopic (exact) mass is 1400 g/mol. The molecule has 0 saturated carbocycles. The molecule has 5 aromatic carbocycles. The first-order valence-electron chi connectivity index (χ1n) is 31.8. The van der Waals surface area contributed by atoms with Gasteiger partial charge in [-0.05, 0) is 144 Å². The molecule has 97 heavy (non-hydrogen) atoms. The quantitative estimate of drug-likeness (QED) is 0.0392. The summed E-state index contributed by atoms with van der Waals surface area (Å²) in [4.78, 5) is 88.2. The molecule has 3 aliphatic rings. The summed E-state index contributed by atoms with van der Waals surface area (Å²) < 4.78 is 48.4. The minimum atomic E-state index is -0.618. The number of Topliss-reactive ketones (excluding diaryl/α,β-unsaturated/α-hetero) is 1. The largest absolute Gasteiger partial charge is 0.858 e. The van der Waals surface area contributed by atoms with Crippen molar-refractivity contribution in [1.82, 2.24) is 19.6 Å². The van der Waals surface area contributed by atoms with Crippen LogP contribution in [-0.2, 0) is 45.2 Å². The number of halogens is 1. The molecule has 4 amide bonds. The van der Waals surface area contributed by atoms with Crippen LogP contribution in [0.2, 0.25) is 0 Å². The lowest BCUT2D eigenvalue weighted by atomic mass is 10.1. The van der Waals surface area contributed by atoms with Crippen LogP contribution >= 0.6 is 15.9 Å². The number of piperidine rings is 2. The molecule has 24 heteroatoms. The highest BCUT2D eigenvalue weighted by atomic mass is 79.9. The van der Waals surface area contributed by atoms with Gasteiger partial charge in [0, 0.05) is 134 Å². The smallest absolute Gasteiger partial charge is 0.410 e. The molecule has 3 heterocycles. The lowest BCUT2D eigenvalue weighted by Crippen LogP contribution is -2.41. The van der Waals surface area contributed by atoms with Crippen LogP contribution in [0.1, 0.15) is 143 Å². The maximum atomic E-state index is 14.2. The predicted molar refractivity (Wildman–Crippen MR) is 373 cm³/mol. The molecule has 0 spiro atoms. The van der Waals surface area contributed by atoms with Crippen molar-refractivity contribution in [2.75, 3.05) is 81.9 Å². The molecular weight excluding hydrogens is 1310 g/mol. The van der Waals surface area contributed by atoms with Crippen molar-refractivity contribution in [3.8, 4) is 34.5 Å². The minimum absolute atomic E-state index is 0.0670. The molecule has 2 N–H and O–H groups in total. The second kappa shape index (κ2) is 37.4. The Morgan fingerprint density at radius 2 is 1.03 bits per heavy atom. The first-order chi connectivity index (χ1) is 45.9. The molecule has 0 radical (unpaired) electrons. The number of carbonyl (C=O) groups excluding carboxylic acids is 6. The Kier molecular flexibility index (Phi) is 30.3. The first kappa shape index (κ1) is 78.5. The van der Waals surface area contributed by atoms with E-state index in [2.05, 4.69) is 20.9 Å². The number of amides is 4. The molecule has 526 valence electrons. The fraction of sp³-hybridized carbons (Fsp3) is 0.452. The van der Waals surface area contributed by atoms with Crippen molar-refractivity contribution in [1.29, 1.82) is 0 Å².